The summed E-state index contributed by atoms with van der Waals surface area (Å²) in [6.07, 6.45) is 1.49. The fourth-order valence-electron chi connectivity index (χ4n) is 3.66. The second-order valence-electron chi connectivity index (χ2n) is 8.82. The molecule has 2 aromatic heterocycles. The largest absolute Gasteiger partial charge is 0.444 e. The molecule has 0 unspecified atom stereocenters. The molecule has 0 saturated carbocycles. The number of amides is 1. The van der Waals surface area contributed by atoms with Gasteiger partial charge in [-0.05, 0) is 38.5 Å². The molecule has 0 aliphatic carbocycles. The Kier molecular flexibility index (Phi) is 5.79. The number of benzene rings is 1. The minimum Gasteiger partial charge on any atom is -0.444 e. The zero-order chi connectivity index (χ0) is 22.9. The first-order valence-electron chi connectivity index (χ1n) is 10.5. The highest BCUT2D eigenvalue weighted by Gasteiger charge is 2.26. The van der Waals surface area contributed by atoms with E-state index in [0.717, 1.165) is 24.2 Å². The van der Waals surface area contributed by atoms with Crippen molar-refractivity contribution >= 4 is 22.9 Å². The van der Waals surface area contributed by atoms with Crippen LogP contribution in [0.2, 0.25) is 0 Å². The first-order chi connectivity index (χ1) is 15.2. The fraction of sp³-hybridized carbons (Fsp3) is 0.409. The van der Waals surface area contributed by atoms with Gasteiger partial charge in [-0.2, -0.15) is 0 Å². The maximum Gasteiger partial charge on any atom is 0.410 e. The van der Waals surface area contributed by atoms with E-state index in [2.05, 4.69) is 19.9 Å². The number of ether oxygens (including phenoxy) is 1. The van der Waals surface area contributed by atoms with Gasteiger partial charge < -0.3 is 14.6 Å². The zero-order valence-electron chi connectivity index (χ0n) is 18.4. The monoisotopic (exact) mass is 438 g/mol. The normalized spacial score (nSPS) is 15.2. The predicted molar refractivity (Wildman–Crippen MR) is 119 cm³/mol. The number of H-pyrrole nitrogens is 1. The van der Waals surface area contributed by atoms with Crippen molar-refractivity contribution in [3.63, 3.8) is 0 Å². The van der Waals surface area contributed by atoms with Crippen LogP contribution in [0.25, 0.3) is 22.6 Å². The van der Waals surface area contributed by atoms with E-state index in [-0.39, 0.29) is 11.8 Å². The number of piperazine rings is 1. The van der Waals surface area contributed by atoms with E-state index < -0.39 is 10.5 Å². The molecule has 1 amide bonds. The Morgan fingerprint density at radius 3 is 2.62 bits per heavy atom. The van der Waals surface area contributed by atoms with Crippen molar-refractivity contribution in [3.05, 3.63) is 52.2 Å². The lowest BCUT2D eigenvalue weighted by molar-refractivity contribution is -0.384. The second kappa shape index (κ2) is 8.54. The number of para-hydroxylation sites is 1. The van der Waals surface area contributed by atoms with Gasteiger partial charge in [0.05, 0.1) is 16.0 Å². The number of nitro benzene ring substituents is 1. The summed E-state index contributed by atoms with van der Waals surface area (Å²) >= 11 is 0. The molecule has 4 rings (SSSR count). The first-order valence-corrected chi connectivity index (χ1v) is 10.5. The molecule has 3 heterocycles. The number of hydrogen-bond donors (Lipinski definition) is 1. The van der Waals surface area contributed by atoms with Crippen LogP contribution >= 0.6 is 0 Å². The van der Waals surface area contributed by atoms with Gasteiger partial charge in [-0.3, -0.25) is 15.0 Å². The molecule has 32 heavy (non-hydrogen) atoms. The van der Waals surface area contributed by atoms with Crippen LogP contribution in [0.4, 0.5) is 10.5 Å². The molecule has 3 aromatic rings. The molecule has 1 fully saturated rings. The summed E-state index contributed by atoms with van der Waals surface area (Å²) in [4.78, 5) is 39.1. The maximum absolute atomic E-state index is 12.2. The highest BCUT2D eigenvalue weighted by Crippen LogP contribution is 2.28. The Hall–Kier alpha value is -3.53. The van der Waals surface area contributed by atoms with E-state index in [4.69, 9.17) is 4.74 Å². The number of imidazole rings is 1. The molecule has 1 aromatic carbocycles. The van der Waals surface area contributed by atoms with Gasteiger partial charge in [0, 0.05) is 45.0 Å². The van der Waals surface area contributed by atoms with E-state index in [9.17, 15) is 14.9 Å². The standard InChI is InChI=1S/C22H26N6O4/c1-22(2,3)32-21(29)27-10-8-26(9-11-27)14-15-12-17-20(23-13-15)25-19(24-17)16-6-4-5-7-18(16)28(30)31/h4-7,12-13H,8-11,14H2,1-3H3,(H,23,24,25). The van der Waals surface area contributed by atoms with Crippen molar-refractivity contribution in [1.29, 1.82) is 0 Å². The minimum atomic E-state index is -0.502. The van der Waals surface area contributed by atoms with Gasteiger partial charge in [-0.25, -0.2) is 14.8 Å². The van der Waals surface area contributed by atoms with Gasteiger partial charge in [0.2, 0.25) is 0 Å². The molecule has 0 atom stereocenters. The molecule has 10 heteroatoms. The first kappa shape index (κ1) is 21.7. The Balaban J connectivity index is 1.44. The molecule has 1 saturated heterocycles. The topological polar surface area (TPSA) is 117 Å². The van der Waals surface area contributed by atoms with Crippen LogP contribution in [0.5, 0.6) is 0 Å². The zero-order valence-corrected chi connectivity index (χ0v) is 18.4. The molecular weight excluding hydrogens is 412 g/mol. The Morgan fingerprint density at radius 1 is 1.22 bits per heavy atom. The Bertz CT molecular complexity index is 1140. The smallest absolute Gasteiger partial charge is 0.410 e. The third-order valence-electron chi connectivity index (χ3n) is 5.18. The van der Waals surface area contributed by atoms with Gasteiger partial charge in [-0.15, -0.1) is 0 Å². The maximum atomic E-state index is 12.2. The molecule has 1 aliphatic heterocycles. The number of nitrogens with zero attached hydrogens (tertiary/aromatic N) is 5. The molecule has 168 valence electrons. The molecule has 0 bridgehead atoms. The number of carbonyl (C=O) groups is 1. The summed E-state index contributed by atoms with van der Waals surface area (Å²) in [5.41, 5.74) is 2.16. The SMILES string of the molecule is CC(C)(C)OC(=O)N1CCN(Cc2cnc3nc(-c4ccccc4[N+](=O)[O-])[nH]c3c2)CC1. The Morgan fingerprint density at radius 2 is 1.94 bits per heavy atom. The van der Waals surface area contributed by atoms with Gasteiger partial charge in [-0.1, -0.05) is 12.1 Å². The third kappa shape index (κ3) is 4.86. The number of nitrogens with one attached hydrogen (secondary N) is 1. The van der Waals surface area contributed by atoms with Crippen molar-refractivity contribution in [2.45, 2.75) is 32.9 Å². The van der Waals surface area contributed by atoms with E-state index in [0.29, 0.717) is 36.7 Å². The minimum absolute atomic E-state index is 0.00497. The number of fused-ring (bicyclic) bond motifs is 1. The van der Waals surface area contributed by atoms with Gasteiger partial charge in [0.25, 0.3) is 5.69 Å². The second-order valence-corrected chi connectivity index (χ2v) is 8.82. The number of nitro groups is 1. The predicted octanol–water partition coefficient (Wildman–Crippen LogP) is 3.59. The molecular formula is C22H26N6O4. The summed E-state index contributed by atoms with van der Waals surface area (Å²) in [7, 11) is 0. The molecule has 0 radical (unpaired) electrons. The molecule has 1 aliphatic rings. The molecule has 0 spiro atoms. The van der Waals surface area contributed by atoms with Crippen LogP contribution in [0.1, 0.15) is 26.3 Å². The van der Waals surface area contributed by atoms with Gasteiger partial charge in [0.1, 0.15) is 11.4 Å². The summed E-state index contributed by atoms with van der Waals surface area (Å²) in [6, 6.07) is 8.46. The van der Waals surface area contributed by atoms with Crippen molar-refractivity contribution in [3.8, 4) is 11.4 Å². The number of aromatic amines is 1. The van der Waals surface area contributed by atoms with Crippen LogP contribution in [0.3, 0.4) is 0 Å². The van der Waals surface area contributed by atoms with Crippen LogP contribution in [-0.2, 0) is 11.3 Å². The fourth-order valence-corrected chi connectivity index (χ4v) is 3.66. The third-order valence-corrected chi connectivity index (χ3v) is 5.18. The van der Waals surface area contributed by atoms with Crippen LogP contribution in [0, 0.1) is 10.1 Å². The van der Waals surface area contributed by atoms with Gasteiger partial charge >= 0.3 is 6.09 Å². The number of rotatable bonds is 4. The van der Waals surface area contributed by atoms with Crippen molar-refractivity contribution in [2.24, 2.45) is 0 Å². The lowest BCUT2D eigenvalue weighted by atomic mass is 10.2. The lowest BCUT2D eigenvalue weighted by Gasteiger charge is -2.35. The number of pyridine rings is 1. The van der Waals surface area contributed by atoms with Crippen LogP contribution in [-0.4, -0.2) is 67.5 Å². The summed E-state index contributed by atoms with van der Waals surface area (Å²) in [6.45, 7) is 8.96. The quantitative estimate of drug-likeness (QED) is 0.488. The van der Waals surface area contributed by atoms with Crippen molar-refractivity contribution in [1.82, 2.24) is 24.8 Å². The van der Waals surface area contributed by atoms with Crippen molar-refractivity contribution < 1.29 is 14.5 Å². The van der Waals surface area contributed by atoms with Gasteiger partial charge in [0.15, 0.2) is 5.65 Å². The van der Waals surface area contributed by atoms with Crippen molar-refractivity contribution in [2.75, 3.05) is 26.2 Å². The highest BCUT2D eigenvalue weighted by atomic mass is 16.6. The number of aromatic nitrogens is 3. The summed E-state index contributed by atoms with van der Waals surface area (Å²) < 4.78 is 5.45. The Labute approximate surface area is 185 Å². The number of carbonyl (C=O) groups excluding carboxylic acids is 1. The molecule has 10 nitrogen and oxygen atoms in total. The van der Waals surface area contributed by atoms with E-state index >= 15 is 0 Å². The highest BCUT2D eigenvalue weighted by molar-refractivity contribution is 5.79. The average molecular weight is 438 g/mol. The lowest BCUT2D eigenvalue weighted by Crippen LogP contribution is -2.49. The number of hydrogen-bond acceptors (Lipinski definition) is 7. The van der Waals surface area contributed by atoms with Crippen LogP contribution < -0.4 is 0 Å². The molecule has 1 N–H and O–H groups in total. The van der Waals surface area contributed by atoms with E-state index in [1.165, 1.54) is 6.07 Å². The summed E-state index contributed by atoms with van der Waals surface area (Å²) in [5, 5.41) is 11.3. The summed E-state index contributed by atoms with van der Waals surface area (Å²) in [5.74, 6) is 0.419. The van der Waals surface area contributed by atoms with E-state index in [1.807, 2.05) is 26.8 Å². The van der Waals surface area contributed by atoms with E-state index in [1.54, 1.807) is 29.3 Å². The average Bonchev–Trinajstić information content (AvgIpc) is 3.16. The van der Waals surface area contributed by atoms with Crippen LogP contribution in [0.15, 0.2) is 36.5 Å².